The number of aromatic nitrogens is 2. The predicted octanol–water partition coefficient (Wildman–Crippen LogP) is 1.82. The summed E-state index contributed by atoms with van der Waals surface area (Å²) in [6.07, 6.45) is 0. The molecule has 8 nitrogen and oxygen atoms in total. The van der Waals surface area contributed by atoms with Crippen molar-refractivity contribution in [3.8, 4) is 0 Å². The number of hydrogen-bond donors (Lipinski definition) is 3. The van der Waals surface area contributed by atoms with E-state index in [9.17, 15) is 13.2 Å². The van der Waals surface area contributed by atoms with Crippen molar-refractivity contribution in [3.05, 3.63) is 41.7 Å². The van der Waals surface area contributed by atoms with Gasteiger partial charge in [-0.05, 0) is 57.0 Å². The summed E-state index contributed by atoms with van der Waals surface area (Å²) in [5, 5.41) is 2.79. The van der Waals surface area contributed by atoms with Crippen LogP contribution in [0.1, 0.15) is 25.2 Å². The van der Waals surface area contributed by atoms with Crippen LogP contribution in [0.15, 0.2) is 35.2 Å². The Labute approximate surface area is 158 Å². The number of nitrogens with zero attached hydrogens (tertiary/aromatic N) is 2. The molecule has 1 aliphatic carbocycles. The molecule has 27 heavy (non-hydrogen) atoms. The standard InChI is InChI=1S/C18H23N5O3S/c1-10-9-11(2)21-17(20-10)23-27(25,26)14-7-5-13(6-8-14)22-16(24)18(4)12(3)15(18)19/h5-9,12,15H,19H2,1-4H3,(H,22,24)(H,20,21,23)/t12-,15?,18?/m0/s1. The smallest absolute Gasteiger partial charge is 0.264 e. The van der Waals surface area contributed by atoms with Crippen molar-refractivity contribution in [2.75, 3.05) is 10.0 Å². The fourth-order valence-electron chi connectivity index (χ4n) is 3.06. The molecule has 2 unspecified atom stereocenters. The zero-order valence-electron chi connectivity index (χ0n) is 15.6. The van der Waals surface area contributed by atoms with E-state index in [0.29, 0.717) is 17.1 Å². The molecule has 1 fully saturated rings. The van der Waals surface area contributed by atoms with Crippen molar-refractivity contribution in [2.24, 2.45) is 17.1 Å². The molecule has 1 aromatic carbocycles. The van der Waals surface area contributed by atoms with E-state index in [-0.39, 0.29) is 28.7 Å². The number of carbonyl (C=O) groups excluding carboxylic acids is 1. The number of nitrogens with one attached hydrogen (secondary N) is 2. The molecule has 1 aromatic heterocycles. The highest BCUT2D eigenvalue weighted by atomic mass is 32.2. The van der Waals surface area contributed by atoms with E-state index in [0.717, 1.165) is 0 Å². The Morgan fingerprint density at radius 1 is 1.15 bits per heavy atom. The maximum atomic E-state index is 12.5. The average Bonchev–Trinajstić information content (AvgIpc) is 3.06. The highest BCUT2D eigenvalue weighted by Gasteiger charge is 2.61. The molecular weight excluding hydrogens is 366 g/mol. The van der Waals surface area contributed by atoms with Crippen LogP contribution in [0.4, 0.5) is 11.6 Å². The normalized spacial score (nSPS) is 24.3. The van der Waals surface area contributed by atoms with Gasteiger partial charge in [0.15, 0.2) is 0 Å². The maximum absolute atomic E-state index is 12.5. The van der Waals surface area contributed by atoms with Crippen molar-refractivity contribution in [2.45, 2.75) is 38.6 Å². The summed E-state index contributed by atoms with van der Waals surface area (Å²) in [5.74, 6) is -0.0338. The minimum Gasteiger partial charge on any atom is -0.326 e. The highest BCUT2D eigenvalue weighted by molar-refractivity contribution is 7.92. The monoisotopic (exact) mass is 389 g/mol. The van der Waals surface area contributed by atoms with E-state index in [1.165, 1.54) is 24.3 Å². The van der Waals surface area contributed by atoms with Crippen LogP contribution in [-0.2, 0) is 14.8 Å². The average molecular weight is 389 g/mol. The lowest BCUT2D eigenvalue weighted by Gasteiger charge is -2.12. The minimum absolute atomic E-state index is 0.0227. The number of rotatable bonds is 5. The van der Waals surface area contributed by atoms with Crippen LogP contribution in [0.5, 0.6) is 0 Å². The topological polar surface area (TPSA) is 127 Å². The molecule has 0 bridgehead atoms. The second-order valence-corrected chi connectivity index (χ2v) is 8.84. The molecule has 3 rings (SSSR count). The van der Waals surface area contributed by atoms with Crippen LogP contribution < -0.4 is 15.8 Å². The SMILES string of the molecule is Cc1cc(C)nc(NS(=O)(=O)c2ccc(NC(=O)C3(C)C(N)[C@@H]3C)cc2)n1. The minimum atomic E-state index is -3.83. The van der Waals surface area contributed by atoms with Gasteiger partial charge >= 0.3 is 0 Å². The third-order valence-corrected chi connectivity index (χ3v) is 6.53. The second-order valence-electron chi connectivity index (χ2n) is 7.16. The van der Waals surface area contributed by atoms with Crippen molar-refractivity contribution < 1.29 is 13.2 Å². The van der Waals surface area contributed by atoms with Crippen molar-refractivity contribution in [1.82, 2.24) is 9.97 Å². The lowest BCUT2D eigenvalue weighted by Crippen LogP contribution is -2.27. The number of sulfonamides is 1. The number of anilines is 2. The Morgan fingerprint density at radius 2 is 1.67 bits per heavy atom. The van der Waals surface area contributed by atoms with Gasteiger partial charge in [0.25, 0.3) is 10.0 Å². The summed E-state index contributed by atoms with van der Waals surface area (Å²) in [6.45, 7) is 7.28. The van der Waals surface area contributed by atoms with E-state index in [4.69, 9.17) is 5.73 Å². The number of hydrogen-bond acceptors (Lipinski definition) is 6. The van der Waals surface area contributed by atoms with Gasteiger partial charge in [0.05, 0.1) is 10.3 Å². The first-order chi connectivity index (χ1) is 12.5. The number of benzene rings is 1. The van der Waals surface area contributed by atoms with Crippen LogP contribution in [0.2, 0.25) is 0 Å². The number of nitrogens with two attached hydrogens (primary N) is 1. The molecule has 3 atom stereocenters. The molecule has 1 amide bonds. The van der Waals surface area contributed by atoms with Crippen molar-refractivity contribution in [3.63, 3.8) is 0 Å². The summed E-state index contributed by atoms with van der Waals surface area (Å²) in [7, 11) is -3.83. The maximum Gasteiger partial charge on any atom is 0.264 e. The van der Waals surface area contributed by atoms with Crippen LogP contribution in [0.25, 0.3) is 0 Å². The number of amides is 1. The zero-order valence-corrected chi connectivity index (χ0v) is 16.5. The summed E-state index contributed by atoms with van der Waals surface area (Å²) in [6, 6.07) is 7.49. The first kappa shape index (κ1) is 19.2. The van der Waals surface area contributed by atoms with E-state index in [1.54, 1.807) is 19.9 Å². The van der Waals surface area contributed by atoms with E-state index in [1.807, 2.05) is 13.8 Å². The van der Waals surface area contributed by atoms with Gasteiger partial charge in [0.2, 0.25) is 11.9 Å². The molecule has 144 valence electrons. The summed E-state index contributed by atoms with van der Waals surface area (Å²) < 4.78 is 27.4. The second kappa shape index (κ2) is 6.58. The van der Waals surface area contributed by atoms with E-state index < -0.39 is 15.4 Å². The van der Waals surface area contributed by atoms with Crippen LogP contribution in [0, 0.1) is 25.2 Å². The van der Waals surface area contributed by atoms with Gasteiger partial charge < -0.3 is 11.1 Å². The Morgan fingerprint density at radius 3 is 2.15 bits per heavy atom. The summed E-state index contributed by atoms with van der Waals surface area (Å²) in [5.41, 5.74) is 7.16. The van der Waals surface area contributed by atoms with Crippen molar-refractivity contribution in [1.29, 1.82) is 0 Å². The van der Waals surface area contributed by atoms with Gasteiger partial charge in [-0.2, -0.15) is 0 Å². The Hall–Kier alpha value is -2.52. The van der Waals surface area contributed by atoms with Crippen LogP contribution in [0.3, 0.4) is 0 Å². The lowest BCUT2D eigenvalue weighted by atomic mass is 10.1. The molecule has 9 heteroatoms. The van der Waals surface area contributed by atoms with Gasteiger partial charge in [-0.25, -0.2) is 23.1 Å². The Kier molecular flexibility index (Phi) is 4.69. The van der Waals surface area contributed by atoms with Gasteiger partial charge in [0, 0.05) is 23.1 Å². The quantitative estimate of drug-likeness (QED) is 0.716. The zero-order chi connectivity index (χ0) is 20.0. The van der Waals surface area contributed by atoms with Gasteiger partial charge in [0.1, 0.15) is 0 Å². The molecule has 1 saturated carbocycles. The first-order valence-electron chi connectivity index (χ1n) is 8.56. The van der Waals surface area contributed by atoms with Gasteiger partial charge in [-0.1, -0.05) is 6.92 Å². The summed E-state index contributed by atoms with van der Waals surface area (Å²) >= 11 is 0. The molecule has 0 aliphatic heterocycles. The molecule has 0 saturated heterocycles. The van der Waals surface area contributed by atoms with Crippen LogP contribution >= 0.6 is 0 Å². The van der Waals surface area contributed by atoms with Gasteiger partial charge in [-0.15, -0.1) is 0 Å². The van der Waals surface area contributed by atoms with Crippen molar-refractivity contribution >= 4 is 27.6 Å². The molecule has 0 radical (unpaired) electrons. The fraction of sp³-hybridized carbons (Fsp3) is 0.389. The molecule has 4 N–H and O–H groups in total. The lowest BCUT2D eigenvalue weighted by molar-refractivity contribution is -0.121. The van der Waals surface area contributed by atoms with E-state index in [2.05, 4.69) is 20.0 Å². The number of carbonyl (C=O) groups is 1. The first-order valence-corrected chi connectivity index (χ1v) is 10.0. The third kappa shape index (κ3) is 3.65. The Balaban J connectivity index is 1.73. The van der Waals surface area contributed by atoms with Crippen LogP contribution in [-0.4, -0.2) is 30.3 Å². The molecular formula is C18H23N5O3S. The molecule has 1 aliphatic rings. The Bertz CT molecular complexity index is 960. The largest absolute Gasteiger partial charge is 0.326 e. The molecule has 2 aromatic rings. The third-order valence-electron chi connectivity index (χ3n) is 5.19. The van der Waals surface area contributed by atoms with Gasteiger partial charge in [-0.3, -0.25) is 4.79 Å². The van der Waals surface area contributed by atoms with E-state index >= 15 is 0 Å². The highest BCUT2D eigenvalue weighted by Crippen LogP contribution is 2.51. The molecule has 0 spiro atoms. The fourth-order valence-corrected chi connectivity index (χ4v) is 4.00. The predicted molar refractivity (Wildman–Crippen MR) is 103 cm³/mol. The summed E-state index contributed by atoms with van der Waals surface area (Å²) in [4.78, 5) is 20.6. The number of aryl methyl sites for hydroxylation is 2. The molecule has 1 heterocycles.